The Labute approximate surface area is 151 Å². The maximum Gasteiger partial charge on any atom is 0.258 e. The molecule has 0 saturated carbocycles. The van der Waals surface area contributed by atoms with Crippen LogP contribution in [0.3, 0.4) is 0 Å². The lowest BCUT2D eigenvalue weighted by atomic mass is 10.2. The van der Waals surface area contributed by atoms with Crippen molar-refractivity contribution < 1.29 is 4.74 Å². The second-order valence-electron chi connectivity index (χ2n) is 5.97. The fraction of sp³-hybridized carbons (Fsp3) is 0.250. The standard InChI is InChI=1S/C20H20N4O2/c1-14(19-23-18-10-3-2-9-17(18)20(25)24-19)22-15-7-6-8-16(13-15)26-12-5-4-11-21/h2-3,6-10,13-14,22H,4-5,12H2,1H3,(H,23,24,25)/t14-/m1/s1. The molecule has 3 aromatic rings. The SMILES string of the molecule is C[C@@H](Nc1cccc(OCCCC#N)c1)c1nc2ccccc2c(=O)[nH]1. The summed E-state index contributed by atoms with van der Waals surface area (Å²) in [6.07, 6.45) is 1.18. The molecule has 0 aliphatic carbocycles. The lowest BCUT2D eigenvalue weighted by Crippen LogP contribution is -2.17. The molecule has 2 aromatic carbocycles. The Morgan fingerprint density at radius 2 is 2.12 bits per heavy atom. The molecule has 6 heteroatoms. The molecular weight excluding hydrogens is 328 g/mol. The number of benzene rings is 2. The fourth-order valence-corrected chi connectivity index (χ4v) is 2.64. The molecule has 6 nitrogen and oxygen atoms in total. The van der Waals surface area contributed by atoms with Crippen molar-refractivity contribution in [1.29, 1.82) is 5.26 Å². The number of rotatable bonds is 7. The van der Waals surface area contributed by atoms with Crippen LogP contribution in [0.5, 0.6) is 5.75 Å². The Morgan fingerprint density at radius 3 is 2.96 bits per heavy atom. The van der Waals surface area contributed by atoms with Gasteiger partial charge in [-0.3, -0.25) is 4.79 Å². The van der Waals surface area contributed by atoms with E-state index in [1.165, 1.54) is 0 Å². The zero-order valence-corrected chi connectivity index (χ0v) is 14.5. The first-order chi connectivity index (χ1) is 12.7. The van der Waals surface area contributed by atoms with Crippen molar-refractivity contribution in [3.8, 4) is 11.8 Å². The van der Waals surface area contributed by atoms with Crippen molar-refractivity contribution in [2.75, 3.05) is 11.9 Å². The van der Waals surface area contributed by atoms with Crippen LogP contribution in [-0.2, 0) is 0 Å². The molecule has 0 aliphatic heterocycles. The maximum absolute atomic E-state index is 12.2. The summed E-state index contributed by atoms with van der Waals surface area (Å²) in [7, 11) is 0. The van der Waals surface area contributed by atoms with E-state index in [0.717, 1.165) is 11.4 Å². The van der Waals surface area contributed by atoms with Crippen molar-refractivity contribution in [1.82, 2.24) is 9.97 Å². The maximum atomic E-state index is 12.2. The summed E-state index contributed by atoms with van der Waals surface area (Å²) in [5.74, 6) is 1.31. The van der Waals surface area contributed by atoms with Crippen LogP contribution in [0.25, 0.3) is 10.9 Å². The van der Waals surface area contributed by atoms with Crippen LogP contribution in [0.2, 0.25) is 0 Å². The number of nitriles is 1. The molecule has 0 aliphatic rings. The molecule has 132 valence electrons. The van der Waals surface area contributed by atoms with Crippen LogP contribution in [0, 0.1) is 11.3 Å². The first kappa shape index (κ1) is 17.5. The number of fused-ring (bicyclic) bond motifs is 1. The third-order valence-corrected chi connectivity index (χ3v) is 3.96. The van der Waals surface area contributed by atoms with Gasteiger partial charge < -0.3 is 15.0 Å². The predicted molar refractivity (Wildman–Crippen MR) is 101 cm³/mol. The van der Waals surface area contributed by atoms with Gasteiger partial charge in [0.15, 0.2) is 0 Å². The first-order valence-electron chi connectivity index (χ1n) is 8.52. The van der Waals surface area contributed by atoms with E-state index < -0.39 is 0 Å². The number of hydrogen-bond acceptors (Lipinski definition) is 5. The van der Waals surface area contributed by atoms with Gasteiger partial charge in [0.2, 0.25) is 0 Å². The minimum atomic E-state index is -0.179. The van der Waals surface area contributed by atoms with Crippen LogP contribution in [-0.4, -0.2) is 16.6 Å². The zero-order valence-electron chi connectivity index (χ0n) is 14.5. The largest absolute Gasteiger partial charge is 0.493 e. The van der Waals surface area contributed by atoms with Gasteiger partial charge in [0.1, 0.15) is 11.6 Å². The Morgan fingerprint density at radius 1 is 1.27 bits per heavy atom. The van der Waals surface area contributed by atoms with Gasteiger partial charge in [0.05, 0.1) is 29.6 Å². The van der Waals surface area contributed by atoms with Crippen LogP contribution >= 0.6 is 0 Å². The third kappa shape index (κ3) is 4.19. The lowest BCUT2D eigenvalue weighted by molar-refractivity contribution is 0.313. The summed E-state index contributed by atoms with van der Waals surface area (Å²) in [4.78, 5) is 19.6. The van der Waals surface area contributed by atoms with Gasteiger partial charge in [-0.1, -0.05) is 18.2 Å². The molecule has 0 fully saturated rings. The average Bonchev–Trinajstić information content (AvgIpc) is 2.65. The molecule has 1 heterocycles. The van der Waals surface area contributed by atoms with Gasteiger partial charge in [0.25, 0.3) is 5.56 Å². The highest BCUT2D eigenvalue weighted by Gasteiger charge is 2.11. The number of unbranched alkanes of at least 4 members (excludes halogenated alkanes) is 1. The summed E-state index contributed by atoms with van der Waals surface area (Å²) in [5.41, 5.74) is 1.40. The zero-order chi connectivity index (χ0) is 18.4. The Hall–Kier alpha value is -3.33. The van der Waals surface area contributed by atoms with Gasteiger partial charge in [-0.15, -0.1) is 0 Å². The first-order valence-corrected chi connectivity index (χ1v) is 8.52. The van der Waals surface area contributed by atoms with Crippen LogP contribution in [0.4, 0.5) is 5.69 Å². The molecule has 0 bridgehead atoms. The second-order valence-corrected chi connectivity index (χ2v) is 5.97. The molecule has 3 rings (SSSR count). The normalized spacial score (nSPS) is 11.7. The summed E-state index contributed by atoms with van der Waals surface area (Å²) in [5, 5.41) is 12.5. The smallest absolute Gasteiger partial charge is 0.258 e. The van der Waals surface area contributed by atoms with E-state index in [4.69, 9.17) is 10.00 Å². The van der Waals surface area contributed by atoms with Crippen molar-refractivity contribution >= 4 is 16.6 Å². The molecule has 0 spiro atoms. The van der Waals surface area contributed by atoms with Gasteiger partial charge in [0, 0.05) is 18.2 Å². The van der Waals surface area contributed by atoms with E-state index in [0.29, 0.717) is 36.2 Å². The van der Waals surface area contributed by atoms with Gasteiger partial charge in [-0.05, 0) is 37.6 Å². The van der Waals surface area contributed by atoms with Crippen molar-refractivity contribution in [3.63, 3.8) is 0 Å². The van der Waals surface area contributed by atoms with Gasteiger partial charge in [-0.2, -0.15) is 5.26 Å². The monoisotopic (exact) mass is 348 g/mol. The Kier molecular flexibility index (Phi) is 5.49. The lowest BCUT2D eigenvalue weighted by Gasteiger charge is -2.16. The topological polar surface area (TPSA) is 90.8 Å². The van der Waals surface area contributed by atoms with Gasteiger partial charge in [-0.25, -0.2) is 4.98 Å². The van der Waals surface area contributed by atoms with Crippen molar-refractivity contribution in [3.05, 3.63) is 64.7 Å². The highest BCUT2D eigenvalue weighted by atomic mass is 16.5. The second kappa shape index (κ2) is 8.17. The van der Waals surface area contributed by atoms with Crippen LogP contribution in [0.1, 0.15) is 31.6 Å². The quantitative estimate of drug-likeness (QED) is 0.634. The molecule has 0 radical (unpaired) electrons. The summed E-state index contributed by atoms with van der Waals surface area (Å²) in [6, 6.07) is 16.8. The number of ether oxygens (including phenoxy) is 1. The number of hydrogen-bond donors (Lipinski definition) is 2. The number of nitrogens with one attached hydrogen (secondary N) is 2. The highest BCUT2D eigenvalue weighted by Crippen LogP contribution is 2.22. The number of para-hydroxylation sites is 1. The Bertz CT molecular complexity index is 991. The molecule has 2 N–H and O–H groups in total. The molecule has 0 amide bonds. The van der Waals surface area contributed by atoms with E-state index >= 15 is 0 Å². The minimum Gasteiger partial charge on any atom is -0.493 e. The van der Waals surface area contributed by atoms with Crippen molar-refractivity contribution in [2.45, 2.75) is 25.8 Å². The van der Waals surface area contributed by atoms with Crippen LogP contribution < -0.4 is 15.6 Å². The number of anilines is 1. The van der Waals surface area contributed by atoms with E-state index in [9.17, 15) is 4.79 Å². The van der Waals surface area contributed by atoms with Crippen molar-refractivity contribution in [2.24, 2.45) is 0 Å². The predicted octanol–water partition coefficient (Wildman–Crippen LogP) is 3.78. The van der Waals surface area contributed by atoms with Gasteiger partial charge >= 0.3 is 0 Å². The minimum absolute atomic E-state index is 0.145. The summed E-state index contributed by atoms with van der Waals surface area (Å²) in [6.45, 7) is 2.44. The molecule has 1 atom stereocenters. The summed E-state index contributed by atoms with van der Waals surface area (Å²) < 4.78 is 5.65. The molecule has 26 heavy (non-hydrogen) atoms. The van der Waals surface area contributed by atoms with Crippen LogP contribution in [0.15, 0.2) is 53.3 Å². The van der Waals surface area contributed by atoms with E-state index in [1.54, 1.807) is 6.07 Å². The number of aromatic nitrogens is 2. The molecule has 1 aromatic heterocycles. The Balaban J connectivity index is 1.73. The highest BCUT2D eigenvalue weighted by molar-refractivity contribution is 5.77. The average molecular weight is 348 g/mol. The fourth-order valence-electron chi connectivity index (χ4n) is 2.64. The number of nitrogens with zero attached hydrogens (tertiary/aromatic N) is 2. The van der Waals surface area contributed by atoms with E-state index in [-0.39, 0.29) is 11.6 Å². The van der Waals surface area contributed by atoms with E-state index in [1.807, 2.05) is 49.4 Å². The van der Waals surface area contributed by atoms with E-state index in [2.05, 4.69) is 21.4 Å². The molecular formula is C20H20N4O2. The number of H-pyrrole nitrogens is 1. The number of aromatic amines is 1. The summed E-state index contributed by atoms with van der Waals surface area (Å²) >= 11 is 0. The molecule has 0 saturated heterocycles. The molecule has 0 unspecified atom stereocenters. The third-order valence-electron chi connectivity index (χ3n) is 3.96.